The van der Waals surface area contributed by atoms with Crippen LogP contribution in [0.4, 0.5) is 18.9 Å². The smallest absolute Gasteiger partial charge is 0.434 e. The van der Waals surface area contributed by atoms with E-state index in [1.165, 1.54) is 25.1 Å². The van der Waals surface area contributed by atoms with Gasteiger partial charge >= 0.3 is 18.1 Å². The van der Waals surface area contributed by atoms with Crippen molar-refractivity contribution in [3.63, 3.8) is 0 Å². The monoisotopic (exact) mass is 449 g/mol. The summed E-state index contributed by atoms with van der Waals surface area (Å²) in [5.74, 6) is -2.41. The van der Waals surface area contributed by atoms with E-state index in [-0.39, 0.29) is 18.5 Å². The van der Waals surface area contributed by atoms with Crippen molar-refractivity contribution < 1.29 is 37.0 Å². The van der Waals surface area contributed by atoms with Gasteiger partial charge in [-0.3, -0.25) is 19.1 Å². The van der Waals surface area contributed by atoms with Gasteiger partial charge < -0.3 is 14.8 Å². The van der Waals surface area contributed by atoms with Gasteiger partial charge in [0.1, 0.15) is 0 Å². The first-order valence-electron chi connectivity index (χ1n) is 8.14. The van der Waals surface area contributed by atoms with Crippen LogP contribution in [0.25, 0.3) is 0 Å². The fourth-order valence-corrected chi connectivity index (χ4v) is 2.49. The minimum atomic E-state index is -4.93. The van der Waals surface area contributed by atoms with Gasteiger partial charge in [0.2, 0.25) is 5.28 Å². The van der Waals surface area contributed by atoms with Crippen LogP contribution in [0.1, 0.15) is 34.9 Å². The van der Waals surface area contributed by atoms with Crippen LogP contribution in [-0.2, 0) is 25.2 Å². The number of hydrogen-bond acceptors (Lipinski definition) is 8. The summed E-state index contributed by atoms with van der Waals surface area (Å²) in [6.07, 6.45) is -2.39. The summed E-state index contributed by atoms with van der Waals surface area (Å²) in [5, 5.41) is 5.49. The van der Waals surface area contributed by atoms with Gasteiger partial charge in [0.05, 0.1) is 50.6 Å². The van der Waals surface area contributed by atoms with E-state index in [0.29, 0.717) is 6.20 Å². The normalized spacial score (nSPS) is 11.3. The van der Waals surface area contributed by atoms with Crippen LogP contribution in [0.5, 0.6) is 0 Å². The number of aromatic nitrogens is 4. The van der Waals surface area contributed by atoms with E-state index in [1.807, 2.05) is 0 Å². The van der Waals surface area contributed by atoms with Gasteiger partial charge in [-0.25, -0.2) is 9.97 Å². The summed E-state index contributed by atoms with van der Waals surface area (Å²) in [5.41, 5.74) is -2.34. The largest absolute Gasteiger partial charge is 0.469 e. The summed E-state index contributed by atoms with van der Waals surface area (Å²) < 4.78 is 49.7. The predicted molar refractivity (Wildman–Crippen MR) is 94.5 cm³/mol. The fourth-order valence-electron chi connectivity index (χ4n) is 2.35. The molecule has 162 valence electrons. The molecule has 0 saturated carbocycles. The Morgan fingerprint density at radius 2 is 1.77 bits per heavy atom. The summed E-state index contributed by atoms with van der Waals surface area (Å²) in [6, 6.07) is -0.805. The standard InChI is InChI=1S/C16H15ClF3N5O5/c1-29-11(26)3-9(4-12(27)30-2)25-7-8(5-22-25)23-14(28)10-6-21-15(17)24-13(10)16(18,19)20/h5-7,9H,3-4H2,1-2H3,(H,23,28). The molecule has 0 fully saturated rings. The average Bonchev–Trinajstić information content (AvgIpc) is 3.14. The van der Waals surface area contributed by atoms with Gasteiger partial charge in [-0.15, -0.1) is 0 Å². The molecule has 0 aliphatic rings. The quantitative estimate of drug-likeness (QED) is 0.504. The van der Waals surface area contributed by atoms with Crippen LogP contribution >= 0.6 is 11.6 Å². The molecule has 14 heteroatoms. The number of nitrogens with one attached hydrogen (secondary N) is 1. The number of ether oxygens (including phenoxy) is 2. The molecule has 0 spiro atoms. The lowest BCUT2D eigenvalue weighted by atomic mass is 10.1. The summed E-state index contributed by atoms with van der Waals surface area (Å²) in [4.78, 5) is 41.9. The number of esters is 2. The average molecular weight is 450 g/mol. The summed E-state index contributed by atoms with van der Waals surface area (Å²) in [7, 11) is 2.33. The summed E-state index contributed by atoms with van der Waals surface area (Å²) in [6.45, 7) is 0. The van der Waals surface area contributed by atoms with Crippen LogP contribution in [0.2, 0.25) is 5.28 Å². The van der Waals surface area contributed by atoms with Crippen molar-refractivity contribution in [3.05, 3.63) is 35.1 Å². The third-order valence-electron chi connectivity index (χ3n) is 3.77. The zero-order valence-corrected chi connectivity index (χ0v) is 16.3. The van der Waals surface area contributed by atoms with Gasteiger partial charge in [0.25, 0.3) is 5.91 Å². The Morgan fingerprint density at radius 3 is 2.30 bits per heavy atom. The zero-order valence-electron chi connectivity index (χ0n) is 15.6. The Balaban J connectivity index is 2.24. The molecule has 0 bridgehead atoms. The number of hydrogen-bond donors (Lipinski definition) is 1. The highest BCUT2D eigenvalue weighted by atomic mass is 35.5. The third kappa shape index (κ3) is 5.89. The Hall–Kier alpha value is -3.22. The predicted octanol–water partition coefficient (Wildman–Crippen LogP) is 2.26. The first-order chi connectivity index (χ1) is 14.0. The number of carbonyl (C=O) groups excluding carboxylic acids is 3. The molecule has 1 N–H and O–H groups in total. The second-order valence-corrected chi connectivity index (χ2v) is 6.11. The molecule has 2 aromatic heterocycles. The molecule has 10 nitrogen and oxygen atoms in total. The molecule has 0 aliphatic heterocycles. The molecule has 0 aromatic carbocycles. The number of carbonyl (C=O) groups is 3. The van der Waals surface area contributed by atoms with E-state index >= 15 is 0 Å². The van der Waals surface area contributed by atoms with E-state index in [9.17, 15) is 27.6 Å². The maximum atomic E-state index is 13.1. The maximum absolute atomic E-state index is 13.1. The Kier molecular flexibility index (Phi) is 7.32. The van der Waals surface area contributed by atoms with E-state index < -0.39 is 46.6 Å². The maximum Gasteiger partial charge on any atom is 0.434 e. The highest BCUT2D eigenvalue weighted by Gasteiger charge is 2.38. The molecule has 0 radical (unpaired) electrons. The lowest BCUT2D eigenvalue weighted by Crippen LogP contribution is -2.21. The molecule has 0 aliphatic carbocycles. The Labute approximate surface area is 172 Å². The van der Waals surface area contributed by atoms with Gasteiger partial charge in [-0.1, -0.05) is 0 Å². The second kappa shape index (κ2) is 9.52. The first-order valence-corrected chi connectivity index (χ1v) is 8.51. The minimum absolute atomic E-state index is 0.00260. The van der Waals surface area contributed by atoms with Gasteiger partial charge in [-0.2, -0.15) is 18.3 Å². The highest BCUT2D eigenvalue weighted by Crippen LogP contribution is 2.31. The van der Waals surface area contributed by atoms with E-state index in [2.05, 4.69) is 29.9 Å². The molecule has 0 atom stereocenters. The zero-order chi connectivity index (χ0) is 22.5. The van der Waals surface area contributed by atoms with Gasteiger partial charge in [0, 0.05) is 12.4 Å². The molecular formula is C16H15ClF3N5O5. The van der Waals surface area contributed by atoms with Crippen molar-refractivity contribution in [2.24, 2.45) is 0 Å². The number of alkyl halides is 3. The molecule has 2 heterocycles. The number of anilines is 1. The van der Waals surface area contributed by atoms with Gasteiger partial charge in [0.15, 0.2) is 5.69 Å². The van der Waals surface area contributed by atoms with Gasteiger partial charge in [-0.05, 0) is 11.6 Å². The molecule has 30 heavy (non-hydrogen) atoms. The Morgan fingerprint density at radius 1 is 1.17 bits per heavy atom. The number of nitrogens with zero attached hydrogens (tertiary/aromatic N) is 4. The fraction of sp³-hybridized carbons (Fsp3) is 0.375. The van der Waals surface area contributed by atoms with Crippen molar-refractivity contribution in [3.8, 4) is 0 Å². The van der Waals surface area contributed by atoms with Crippen molar-refractivity contribution in [2.75, 3.05) is 19.5 Å². The number of methoxy groups -OCH3 is 2. The summed E-state index contributed by atoms with van der Waals surface area (Å²) >= 11 is 5.39. The molecule has 2 aromatic rings. The highest BCUT2D eigenvalue weighted by molar-refractivity contribution is 6.28. The van der Waals surface area contributed by atoms with Crippen molar-refractivity contribution in [1.29, 1.82) is 0 Å². The third-order valence-corrected chi connectivity index (χ3v) is 3.95. The molecule has 1 amide bonds. The number of rotatable bonds is 7. The van der Waals surface area contributed by atoms with E-state index in [1.54, 1.807) is 0 Å². The molecule has 0 unspecified atom stereocenters. The lowest BCUT2D eigenvalue weighted by molar-refractivity contribution is -0.144. The second-order valence-electron chi connectivity index (χ2n) is 5.78. The lowest BCUT2D eigenvalue weighted by Gasteiger charge is -2.15. The van der Waals surface area contributed by atoms with Crippen molar-refractivity contribution >= 4 is 35.1 Å². The number of halogens is 4. The molecule has 0 saturated heterocycles. The molecular weight excluding hydrogens is 435 g/mol. The minimum Gasteiger partial charge on any atom is -0.469 e. The van der Waals surface area contributed by atoms with E-state index in [4.69, 9.17) is 11.6 Å². The van der Waals surface area contributed by atoms with Crippen molar-refractivity contribution in [1.82, 2.24) is 19.7 Å². The SMILES string of the molecule is COC(=O)CC(CC(=O)OC)n1cc(NC(=O)c2cnc(Cl)nc2C(F)(F)F)cn1. The van der Waals surface area contributed by atoms with Crippen molar-refractivity contribution in [2.45, 2.75) is 25.1 Å². The first kappa shape index (κ1) is 23.1. The Bertz CT molecular complexity index is 932. The van der Waals surface area contributed by atoms with Crippen LogP contribution < -0.4 is 5.32 Å². The number of amides is 1. The van der Waals surface area contributed by atoms with Crippen LogP contribution in [0.15, 0.2) is 18.6 Å². The van der Waals surface area contributed by atoms with E-state index in [0.717, 1.165) is 6.20 Å². The topological polar surface area (TPSA) is 125 Å². The van der Waals surface area contributed by atoms with Crippen LogP contribution in [0.3, 0.4) is 0 Å². The van der Waals surface area contributed by atoms with Crippen LogP contribution in [0, 0.1) is 0 Å². The van der Waals surface area contributed by atoms with Crippen LogP contribution in [-0.4, -0.2) is 51.8 Å². The molecule has 2 rings (SSSR count).